The first kappa shape index (κ1) is 15.5. The molecule has 4 rings (SSSR count). The number of hydrogen-bond acceptors (Lipinski definition) is 5. The highest BCUT2D eigenvalue weighted by atomic mass is 32.1. The Morgan fingerprint density at radius 2 is 2.17 bits per heavy atom. The standard InChI is InChI=1S/C19H22N4S/c1-2-15(16-9-6-10-20-16)23-18-17-14(13-7-4-3-5-8-13)11-24-19(17)22-12-21-18/h3-5,7-8,11-12,15-16,20H,2,6,9-10H2,1H3,(H,21,22,23). The molecule has 2 unspecified atom stereocenters. The predicted molar refractivity (Wildman–Crippen MR) is 102 cm³/mol. The SMILES string of the molecule is CCC(Nc1ncnc2scc(-c3ccccc3)c12)C1CCCN1. The van der Waals surface area contributed by atoms with Crippen LogP contribution in [0.4, 0.5) is 5.82 Å². The minimum atomic E-state index is 0.397. The molecule has 0 bridgehead atoms. The number of fused-ring (bicyclic) bond motifs is 1. The fraction of sp³-hybridized carbons (Fsp3) is 0.368. The van der Waals surface area contributed by atoms with Crippen molar-refractivity contribution in [1.82, 2.24) is 15.3 Å². The molecular weight excluding hydrogens is 316 g/mol. The van der Waals surface area contributed by atoms with Crippen LogP contribution in [0.5, 0.6) is 0 Å². The molecule has 0 radical (unpaired) electrons. The van der Waals surface area contributed by atoms with Crippen molar-refractivity contribution in [3.63, 3.8) is 0 Å². The van der Waals surface area contributed by atoms with E-state index < -0.39 is 0 Å². The molecule has 24 heavy (non-hydrogen) atoms. The number of aromatic nitrogens is 2. The van der Waals surface area contributed by atoms with Crippen molar-refractivity contribution in [2.45, 2.75) is 38.3 Å². The number of nitrogens with zero attached hydrogens (tertiary/aromatic N) is 2. The van der Waals surface area contributed by atoms with Crippen LogP contribution in [-0.2, 0) is 0 Å². The Morgan fingerprint density at radius 3 is 2.92 bits per heavy atom. The van der Waals surface area contributed by atoms with E-state index in [1.54, 1.807) is 17.7 Å². The van der Waals surface area contributed by atoms with Gasteiger partial charge in [-0.05, 0) is 31.4 Å². The van der Waals surface area contributed by atoms with E-state index in [1.807, 2.05) is 6.07 Å². The van der Waals surface area contributed by atoms with Crippen LogP contribution in [0.1, 0.15) is 26.2 Å². The summed E-state index contributed by atoms with van der Waals surface area (Å²) in [5.74, 6) is 0.959. The van der Waals surface area contributed by atoms with Gasteiger partial charge in [-0.2, -0.15) is 0 Å². The molecule has 1 saturated heterocycles. The fourth-order valence-corrected chi connectivity index (χ4v) is 4.45. The van der Waals surface area contributed by atoms with Crippen molar-refractivity contribution in [3.8, 4) is 11.1 Å². The molecule has 0 amide bonds. The zero-order valence-electron chi connectivity index (χ0n) is 13.8. The van der Waals surface area contributed by atoms with E-state index in [9.17, 15) is 0 Å². The molecule has 4 nitrogen and oxygen atoms in total. The molecule has 1 aromatic carbocycles. The molecule has 0 saturated carbocycles. The molecule has 1 fully saturated rings. The number of benzene rings is 1. The lowest BCUT2D eigenvalue weighted by Gasteiger charge is -2.24. The zero-order chi connectivity index (χ0) is 16.4. The molecule has 2 N–H and O–H groups in total. The Balaban J connectivity index is 1.73. The van der Waals surface area contributed by atoms with Crippen molar-refractivity contribution in [3.05, 3.63) is 42.0 Å². The van der Waals surface area contributed by atoms with Crippen LogP contribution in [0.3, 0.4) is 0 Å². The fourth-order valence-electron chi connectivity index (χ4n) is 3.53. The summed E-state index contributed by atoms with van der Waals surface area (Å²) in [4.78, 5) is 10.1. The van der Waals surface area contributed by atoms with Gasteiger partial charge in [-0.25, -0.2) is 9.97 Å². The van der Waals surface area contributed by atoms with E-state index in [1.165, 1.54) is 24.0 Å². The van der Waals surface area contributed by atoms with E-state index in [4.69, 9.17) is 0 Å². The lowest BCUT2D eigenvalue weighted by molar-refractivity contribution is 0.498. The van der Waals surface area contributed by atoms with Crippen LogP contribution in [0.2, 0.25) is 0 Å². The Bertz CT molecular complexity index is 809. The monoisotopic (exact) mass is 338 g/mol. The number of hydrogen-bond donors (Lipinski definition) is 2. The minimum Gasteiger partial charge on any atom is -0.365 e. The summed E-state index contributed by atoms with van der Waals surface area (Å²) < 4.78 is 0. The van der Waals surface area contributed by atoms with Gasteiger partial charge in [-0.15, -0.1) is 11.3 Å². The van der Waals surface area contributed by atoms with E-state index in [-0.39, 0.29) is 0 Å². The van der Waals surface area contributed by atoms with E-state index in [0.29, 0.717) is 12.1 Å². The lowest BCUT2D eigenvalue weighted by Crippen LogP contribution is -2.40. The molecule has 2 atom stereocenters. The first-order valence-electron chi connectivity index (χ1n) is 8.64. The summed E-state index contributed by atoms with van der Waals surface area (Å²) in [5.41, 5.74) is 2.43. The van der Waals surface area contributed by atoms with Crippen molar-refractivity contribution >= 4 is 27.4 Å². The van der Waals surface area contributed by atoms with Crippen LogP contribution in [0, 0.1) is 0 Å². The average Bonchev–Trinajstić information content (AvgIpc) is 3.30. The quantitative estimate of drug-likeness (QED) is 0.728. The summed E-state index contributed by atoms with van der Waals surface area (Å²) >= 11 is 1.68. The maximum atomic E-state index is 4.58. The van der Waals surface area contributed by atoms with Gasteiger partial charge in [-0.1, -0.05) is 37.3 Å². The Kier molecular flexibility index (Phi) is 4.45. The third-order valence-corrected chi connectivity index (χ3v) is 5.69. The summed E-state index contributed by atoms with van der Waals surface area (Å²) in [7, 11) is 0. The summed E-state index contributed by atoms with van der Waals surface area (Å²) in [6.45, 7) is 3.36. The van der Waals surface area contributed by atoms with Crippen molar-refractivity contribution in [2.24, 2.45) is 0 Å². The van der Waals surface area contributed by atoms with Crippen molar-refractivity contribution in [1.29, 1.82) is 0 Å². The van der Waals surface area contributed by atoms with Gasteiger partial charge in [-0.3, -0.25) is 0 Å². The predicted octanol–water partition coefficient (Wildman–Crippen LogP) is 4.30. The van der Waals surface area contributed by atoms with Gasteiger partial charge < -0.3 is 10.6 Å². The maximum Gasteiger partial charge on any atom is 0.139 e. The second-order valence-corrected chi connectivity index (χ2v) is 7.14. The molecular formula is C19H22N4S. The lowest BCUT2D eigenvalue weighted by atomic mass is 10.0. The normalized spacial score (nSPS) is 18.8. The van der Waals surface area contributed by atoms with Gasteiger partial charge in [0.05, 0.1) is 5.39 Å². The highest BCUT2D eigenvalue weighted by Crippen LogP contribution is 2.36. The van der Waals surface area contributed by atoms with Crippen LogP contribution in [0.15, 0.2) is 42.0 Å². The first-order valence-corrected chi connectivity index (χ1v) is 9.52. The van der Waals surface area contributed by atoms with E-state index in [0.717, 1.165) is 29.0 Å². The third kappa shape index (κ3) is 2.89. The van der Waals surface area contributed by atoms with E-state index in [2.05, 4.69) is 57.2 Å². The summed E-state index contributed by atoms with van der Waals surface area (Å²) in [6, 6.07) is 11.4. The molecule has 1 aliphatic heterocycles. The Hall–Kier alpha value is -1.98. The van der Waals surface area contributed by atoms with Crippen LogP contribution in [-0.4, -0.2) is 28.6 Å². The topological polar surface area (TPSA) is 49.8 Å². The Morgan fingerprint density at radius 1 is 1.29 bits per heavy atom. The average molecular weight is 338 g/mol. The first-order chi connectivity index (χ1) is 11.9. The van der Waals surface area contributed by atoms with Crippen LogP contribution < -0.4 is 10.6 Å². The molecule has 5 heteroatoms. The highest BCUT2D eigenvalue weighted by molar-refractivity contribution is 7.17. The number of anilines is 1. The van der Waals surface area contributed by atoms with E-state index >= 15 is 0 Å². The molecule has 3 heterocycles. The van der Waals surface area contributed by atoms with Crippen molar-refractivity contribution < 1.29 is 0 Å². The number of nitrogens with one attached hydrogen (secondary N) is 2. The second-order valence-electron chi connectivity index (χ2n) is 6.28. The van der Waals surface area contributed by atoms with Crippen molar-refractivity contribution in [2.75, 3.05) is 11.9 Å². The molecule has 2 aromatic heterocycles. The molecule has 1 aliphatic rings. The smallest absolute Gasteiger partial charge is 0.139 e. The molecule has 0 aliphatic carbocycles. The van der Waals surface area contributed by atoms with Gasteiger partial charge >= 0.3 is 0 Å². The van der Waals surface area contributed by atoms with Gasteiger partial charge in [0.25, 0.3) is 0 Å². The summed E-state index contributed by atoms with van der Waals surface area (Å²) in [6.07, 6.45) is 5.24. The van der Waals surface area contributed by atoms with Crippen LogP contribution in [0.25, 0.3) is 21.3 Å². The van der Waals surface area contributed by atoms with Gasteiger partial charge in [0.15, 0.2) is 0 Å². The second kappa shape index (κ2) is 6.87. The highest BCUT2D eigenvalue weighted by Gasteiger charge is 2.24. The molecule has 0 spiro atoms. The Labute approximate surface area is 146 Å². The van der Waals surface area contributed by atoms with Gasteiger partial charge in [0, 0.05) is 23.0 Å². The minimum absolute atomic E-state index is 0.397. The number of rotatable bonds is 5. The third-order valence-electron chi connectivity index (χ3n) is 4.80. The zero-order valence-corrected chi connectivity index (χ0v) is 14.6. The maximum absolute atomic E-state index is 4.58. The number of thiophene rings is 1. The van der Waals surface area contributed by atoms with Gasteiger partial charge in [0.1, 0.15) is 17.0 Å². The van der Waals surface area contributed by atoms with Crippen LogP contribution >= 0.6 is 11.3 Å². The molecule has 3 aromatic rings. The largest absolute Gasteiger partial charge is 0.365 e. The summed E-state index contributed by atoms with van der Waals surface area (Å²) in [5, 5.41) is 10.6. The molecule has 124 valence electrons. The van der Waals surface area contributed by atoms with Gasteiger partial charge in [0.2, 0.25) is 0 Å².